The summed E-state index contributed by atoms with van der Waals surface area (Å²) >= 11 is 6.43. The highest BCUT2D eigenvalue weighted by atomic mass is 32.1. The maximum atomic E-state index is 13.9. The molecule has 0 atom stereocenters. The largest absolute Gasteiger partial charge is 0.494 e. The minimum atomic E-state index is -0.468. The molecule has 0 saturated heterocycles. The molecule has 0 saturated carbocycles. The van der Waals surface area contributed by atoms with Crippen molar-refractivity contribution < 1.29 is 18.7 Å². The van der Waals surface area contributed by atoms with E-state index in [-0.39, 0.29) is 23.4 Å². The van der Waals surface area contributed by atoms with Crippen molar-refractivity contribution in [1.82, 2.24) is 10.3 Å². The molecule has 0 aliphatic rings. The Morgan fingerprint density at radius 2 is 2.00 bits per heavy atom. The van der Waals surface area contributed by atoms with Gasteiger partial charge in [0.2, 0.25) is 0 Å². The van der Waals surface area contributed by atoms with E-state index in [1.54, 1.807) is 11.4 Å². The Morgan fingerprint density at radius 3 is 2.67 bits per heavy atom. The molecule has 0 unspecified atom stereocenters. The quantitative estimate of drug-likeness (QED) is 0.525. The first kappa shape index (κ1) is 21.7. The summed E-state index contributed by atoms with van der Waals surface area (Å²) in [5.74, 6) is -0.0806. The molecular formula is C21H20FN3O3S2. The second-order valence-electron chi connectivity index (χ2n) is 6.18. The molecule has 1 heterocycles. The molecule has 2 N–H and O–H groups in total. The molecule has 156 valence electrons. The zero-order valence-corrected chi connectivity index (χ0v) is 18.0. The Morgan fingerprint density at radius 1 is 1.23 bits per heavy atom. The maximum absolute atomic E-state index is 13.9. The van der Waals surface area contributed by atoms with E-state index in [0.717, 1.165) is 6.42 Å². The number of aromatic nitrogens is 1. The molecule has 0 bridgehead atoms. The highest BCUT2D eigenvalue weighted by Gasteiger charge is 2.11. The predicted molar refractivity (Wildman–Crippen MR) is 120 cm³/mol. The molecule has 30 heavy (non-hydrogen) atoms. The van der Waals surface area contributed by atoms with Crippen molar-refractivity contribution in [3.05, 3.63) is 59.2 Å². The number of carbonyl (C=O) groups excluding carboxylic acids is 1. The van der Waals surface area contributed by atoms with E-state index in [0.29, 0.717) is 22.1 Å². The van der Waals surface area contributed by atoms with Crippen LogP contribution in [0.25, 0.3) is 11.3 Å². The van der Waals surface area contributed by atoms with Gasteiger partial charge in [-0.05, 0) is 54.5 Å². The summed E-state index contributed by atoms with van der Waals surface area (Å²) in [5, 5.41) is 7.73. The minimum absolute atomic E-state index is 0.103. The molecule has 0 spiro atoms. The Labute approximate surface area is 183 Å². The summed E-state index contributed by atoms with van der Waals surface area (Å²) in [6.45, 7) is 1.90. The lowest BCUT2D eigenvalue weighted by Gasteiger charge is -2.09. The normalized spacial score (nSPS) is 10.4. The third-order valence-electron chi connectivity index (χ3n) is 4.13. The van der Waals surface area contributed by atoms with Gasteiger partial charge in [-0.25, -0.2) is 9.37 Å². The number of aryl methyl sites for hydroxylation is 1. The van der Waals surface area contributed by atoms with Crippen LogP contribution in [0.15, 0.2) is 47.8 Å². The van der Waals surface area contributed by atoms with Gasteiger partial charge in [0.1, 0.15) is 5.75 Å². The predicted octanol–water partition coefficient (Wildman–Crippen LogP) is 4.41. The van der Waals surface area contributed by atoms with Gasteiger partial charge in [0.15, 0.2) is 28.4 Å². The van der Waals surface area contributed by atoms with E-state index < -0.39 is 5.82 Å². The minimum Gasteiger partial charge on any atom is -0.494 e. The van der Waals surface area contributed by atoms with E-state index in [1.807, 2.05) is 24.3 Å². The summed E-state index contributed by atoms with van der Waals surface area (Å²) in [5.41, 5.74) is 2.38. The van der Waals surface area contributed by atoms with Crippen LogP contribution in [0.2, 0.25) is 0 Å². The first-order chi connectivity index (χ1) is 14.5. The summed E-state index contributed by atoms with van der Waals surface area (Å²) in [6.07, 6.45) is 0.937. The number of methoxy groups -OCH3 is 1. The third-order valence-corrected chi connectivity index (χ3v) is 5.09. The number of thiocarbonyl (C=S) groups is 1. The highest BCUT2D eigenvalue weighted by molar-refractivity contribution is 7.80. The number of anilines is 1. The number of hydrogen-bond donors (Lipinski definition) is 2. The van der Waals surface area contributed by atoms with Gasteiger partial charge in [-0.15, -0.1) is 11.3 Å². The number of carbonyl (C=O) groups is 1. The maximum Gasteiger partial charge on any atom is 0.264 e. The molecule has 1 amide bonds. The van der Waals surface area contributed by atoms with Crippen molar-refractivity contribution in [3.8, 4) is 22.8 Å². The van der Waals surface area contributed by atoms with Crippen LogP contribution in [0.5, 0.6) is 11.5 Å². The fourth-order valence-corrected chi connectivity index (χ4v) is 3.55. The van der Waals surface area contributed by atoms with Crippen LogP contribution in [-0.2, 0) is 11.2 Å². The van der Waals surface area contributed by atoms with Crippen molar-refractivity contribution in [3.63, 3.8) is 0 Å². The lowest BCUT2D eigenvalue weighted by Crippen LogP contribution is -2.37. The topological polar surface area (TPSA) is 72.5 Å². The molecule has 9 heteroatoms. The van der Waals surface area contributed by atoms with Crippen LogP contribution in [-0.4, -0.2) is 29.7 Å². The summed E-state index contributed by atoms with van der Waals surface area (Å²) in [6, 6.07) is 12.1. The van der Waals surface area contributed by atoms with E-state index >= 15 is 0 Å². The summed E-state index contributed by atoms with van der Waals surface area (Å²) in [4.78, 5) is 16.4. The van der Waals surface area contributed by atoms with Gasteiger partial charge in [-0.3, -0.25) is 10.1 Å². The van der Waals surface area contributed by atoms with E-state index in [9.17, 15) is 9.18 Å². The molecule has 3 rings (SSSR count). The van der Waals surface area contributed by atoms with Gasteiger partial charge >= 0.3 is 0 Å². The Bertz CT molecular complexity index is 1040. The number of nitrogens with one attached hydrogen (secondary N) is 2. The van der Waals surface area contributed by atoms with Crippen molar-refractivity contribution in [2.24, 2.45) is 0 Å². The fourth-order valence-electron chi connectivity index (χ4n) is 2.55. The third kappa shape index (κ3) is 5.74. The van der Waals surface area contributed by atoms with Crippen molar-refractivity contribution in [2.45, 2.75) is 13.3 Å². The fraction of sp³-hybridized carbons (Fsp3) is 0.190. The van der Waals surface area contributed by atoms with Crippen molar-refractivity contribution in [1.29, 1.82) is 0 Å². The average molecular weight is 446 g/mol. The molecular weight excluding hydrogens is 425 g/mol. The van der Waals surface area contributed by atoms with Crippen LogP contribution in [0.1, 0.15) is 12.5 Å². The Balaban J connectivity index is 1.51. The average Bonchev–Trinajstić information content (AvgIpc) is 3.20. The highest BCUT2D eigenvalue weighted by Crippen LogP contribution is 2.28. The van der Waals surface area contributed by atoms with Gasteiger partial charge in [0.05, 0.1) is 12.8 Å². The van der Waals surface area contributed by atoms with Crippen molar-refractivity contribution in [2.75, 3.05) is 19.0 Å². The molecule has 1 aromatic heterocycles. The number of ether oxygens (including phenoxy) is 2. The number of benzene rings is 2. The second kappa shape index (κ2) is 10.1. The van der Waals surface area contributed by atoms with Gasteiger partial charge in [-0.2, -0.15) is 0 Å². The first-order valence-corrected chi connectivity index (χ1v) is 10.4. The number of rotatable bonds is 7. The SMILES string of the molecule is CCc1ccc(OCC(=O)NC(=S)Nc2nc(-c3ccc(OC)c(F)c3)cs2)cc1. The summed E-state index contributed by atoms with van der Waals surface area (Å²) < 4.78 is 24.3. The summed E-state index contributed by atoms with van der Waals surface area (Å²) in [7, 11) is 1.41. The standard InChI is InChI=1S/C21H20FN3O3S2/c1-3-13-4-7-15(8-5-13)28-11-19(26)24-20(29)25-21-23-17(12-30-21)14-6-9-18(27-2)16(22)10-14/h4-10,12H,3,11H2,1-2H3,(H2,23,24,25,26,29). The van der Waals surface area contributed by atoms with Crippen LogP contribution in [0.3, 0.4) is 0 Å². The molecule has 0 aliphatic carbocycles. The zero-order chi connectivity index (χ0) is 21.5. The van der Waals surface area contributed by atoms with Crippen LogP contribution < -0.4 is 20.1 Å². The lowest BCUT2D eigenvalue weighted by molar-refractivity contribution is -0.121. The molecule has 0 aliphatic heterocycles. The van der Waals surface area contributed by atoms with Crippen LogP contribution >= 0.6 is 23.6 Å². The smallest absolute Gasteiger partial charge is 0.264 e. The molecule has 6 nitrogen and oxygen atoms in total. The Hall–Kier alpha value is -3.04. The first-order valence-electron chi connectivity index (χ1n) is 9.10. The number of amides is 1. The van der Waals surface area contributed by atoms with Crippen LogP contribution in [0, 0.1) is 5.82 Å². The van der Waals surface area contributed by atoms with Crippen molar-refractivity contribution >= 4 is 39.7 Å². The van der Waals surface area contributed by atoms with E-state index in [2.05, 4.69) is 22.5 Å². The second-order valence-corrected chi connectivity index (χ2v) is 7.44. The van der Waals surface area contributed by atoms with Gasteiger partial charge in [-0.1, -0.05) is 19.1 Å². The lowest BCUT2D eigenvalue weighted by atomic mass is 10.1. The molecule has 3 aromatic rings. The molecule has 0 radical (unpaired) electrons. The Kier molecular flexibility index (Phi) is 7.31. The van der Waals surface area contributed by atoms with E-state index in [4.69, 9.17) is 21.7 Å². The monoisotopic (exact) mass is 445 g/mol. The zero-order valence-electron chi connectivity index (χ0n) is 16.4. The van der Waals surface area contributed by atoms with E-state index in [1.165, 1.54) is 36.1 Å². The number of halogens is 1. The van der Waals surface area contributed by atoms with Crippen LogP contribution in [0.4, 0.5) is 9.52 Å². The number of nitrogens with zero attached hydrogens (tertiary/aromatic N) is 1. The molecule has 0 fully saturated rings. The number of hydrogen-bond acceptors (Lipinski definition) is 6. The van der Waals surface area contributed by atoms with Gasteiger partial charge in [0, 0.05) is 10.9 Å². The number of thiazole rings is 1. The van der Waals surface area contributed by atoms with Gasteiger partial charge in [0.25, 0.3) is 5.91 Å². The van der Waals surface area contributed by atoms with Gasteiger partial charge < -0.3 is 14.8 Å². The molecule has 2 aromatic carbocycles.